The third kappa shape index (κ3) is 4.27. The minimum absolute atomic E-state index is 0.215. The highest BCUT2D eigenvalue weighted by atomic mass is 35.5. The Hall–Kier alpha value is -2.05. The first-order valence-corrected chi connectivity index (χ1v) is 8.51. The van der Waals surface area contributed by atoms with Crippen molar-refractivity contribution in [3.05, 3.63) is 51.9 Å². The average Bonchev–Trinajstić information content (AvgIpc) is 2.63. The number of piperidine rings is 1. The van der Waals surface area contributed by atoms with Gasteiger partial charge in [-0.2, -0.15) is 5.10 Å². The Kier molecular flexibility index (Phi) is 5.72. The Bertz CT molecular complexity index is 699. The van der Waals surface area contributed by atoms with Crippen LogP contribution in [-0.2, 0) is 0 Å². The maximum atomic E-state index is 11.5. The zero-order chi connectivity index (χ0) is 16.8. The Labute approximate surface area is 145 Å². The summed E-state index contributed by atoms with van der Waals surface area (Å²) in [6, 6.07) is 10.3. The molecule has 3 rings (SSSR count). The van der Waals surface area contributed by atoms with Gasteiger partial charge in [0, 0.05) is 25.7 Å². The van der Waals surface area contributed by atoms with E-state index in [9.17, 15) is 4.79 Å². The standard InChI is InChI=1S/C17H21ClN4O2/c18-16-15(12-20-21-17(16)23)22-9-6-13(7-10-22)19-8-11-24-14-4-2-1-3-5-14/h1-5,12-13,19H,6-11H2,(H,21,23). The molecule has 1 aromatic carbocycles. The van der Waals surface area contributed by atoms with Gasteiger partial charge < -0.3 is 15.0 Å². The number of nitrogens with zero attached hydrogens (tertiary/aromatic N) is 2. The molecule has 2 N–H and O–H groups in total. The number of hydrogen-bond acceptors (Lipinski definition) is 5. The maximum absolute atomic E-state index is 11.5. The third-order valence-electron chi connectivity index (χ3n) is 4.16. The van der Waals surface area contributed by atoms with Gasteiger partial charge in [0.2, 0.25) is 0 Å². The molecule has 1 aliphatic rings. The van der Waals surface area contributed by atoms with Gasteiger partial charge in [0.05, 0.1) is 11.9 Å². The van der Waals surface area contributed by atoms with Crippen molar-refractivity contribution in [2.24, 2.45) is 0 Å². The summed E-state index contributed by atoms with van der Waals surface area (Å²) in [6.45, 7) is 3.16. The van der Waals surface area contributed by atoms with Crippen LogP contribution in [0.25, 0.3) is 0 Å². The highest BCUT2D eigenvalue weighted by Crippen LogP contribution is 2.24. The van der Waals surface area contributed by atoms with Crippen molar-refractivity contribution in [3.8, 4) is 5.75 Å². The number of para-hydroxylation sites is 1. The monoisotopic (exact) mass is 348 g/mol. The summed E-state index contributed by atoms with van der Waals surface area (Å²) >= 11 is 6.07. The summed E-state index contributed by atoms with van der Waals surface area (Å²) in [5, 5.41) is 9.92. The molecule has 0 aliphatic carbocycles. The molecule has 2 aromatic rings. The number of aromatic amines is 1. The van der Waals surface area contributed by atoms with Crippen molar-refractivity contribution >= 4 is 17.3 Å². The zero-order valence-corrected chi connectivity index (χ0v) is 14.1. The van der Waals surface area contributed by atoms with E-state index in [2.05, 4.69) is 20.4 Å². The van der Waals surface area contributed by atoms with E-state index in [1.165, 1.54) is 0 Å². The van der Waals surface area contributed by atoms with E-state index >= 15 is 0 Å². The summed E-state index contributed by atoms with van der Waals surface area (Å²) in [7, 11) is 0. The average molecular weight is 349 g/mol. The van der Waals surface area contributed by atoms with Crippen LogP contribution in [0.4, 0.5) is 5.69 Å². The quantitative estimate of drug-likeness (QED) is 0.782. The number of aromatic nitrogens is 2. The lowest BCUT2D eigenvalue weighted by molar-refractivity contribution is 0.296. The Balaban J connectivity index is 1.41. The third-order valence-corrected chi connectivity index (χ3v) is 4.53. The zero-order valence-electron chi connectivity index (χ0n) is 13.4. The van der Waals surface area contributed by atoms with Crippen molar-refractivity contribution in [3.63, 3.8) is 0 Å². The second kappa shape index (κ2) is 8.17. The first kappa shape index (κ1) is 16.8. The Morgan fingerprint density at radius 3 is 2.79 bits per heavy atom. The van der Waals surface area contributed by atoms with Crippen LogP contribution in [0.5, 0.6) is 5.75 Å². The summed E-state index contributed by atoms with van der Waals surface area (Å²) in [6.07, 6.45) is 3.61. The van der Waals surface area contributed by atoms with E-state index in [1.54, 1.807) is 6.20 Å². The van der Waals surface area contributed by atoms with E-state index in [-0.39, 0.29) is 10.6 Å². The molecule has 0 amide bonds. The number of anilines is 1. The predicted molar refractivity (Wildman–Crippen MR) is 95.0 cm³/mol. The number of halogens is 1. The topological polar surface area (TPSA) is 70.2 Å². The second-order valence-electron chi connectivity index (χ2n) is 5.78. The molecule has 2 heterocycles. The molecule has 24 heavy (non-hydrogen) atoms. The van der Waals surface area contributed by atoms with Crippen LogP contribution in [-0.4, -0.2) is 42.5 Å². The predicted octanol–water partition coefficient (Wildman–Crippen LogP) is 2.06. The van der Waals surface area contributed by atoms with Crippen molar-refractivity contribution in [2.45, 2.75) is 18.9 Å². The summed E-state index contributed by atoms with van der Waals surface area (Å²) in [4.78, 5) is 13.6. The van der Waals surface area contributed by atoms with Crippen LogP contribution in [0.2, 0.25) is 5.02 Å². The first-order valence-electron chi connectivity index (χ1n) is 8.13. The number of hydrogen-bond donors (Lipinski definition) is 2. The van der Waals surface area contributed by atoms with Gasteiger partial charge in [-0.1, -0.05) is 29.8 Å². The maximum Gasteiger partial charge on any atom is 0.285 e. The number of H-pyrrole nitrogens is 1. The van der Waals surface area contributed by atoms with Crippen LogP contribution in [0.15, 0.2) is 41.3 Å². The van der Waals surface area contributed by atoms with E-state index in [1.807, 2.05) is 30.3 Å². The minimum Gasteiger partial charge on any atom is -0.492 e. The molecule has 7 heteroatoms. The van der Waals surface area contributed by atoms with Crippen LogP contribution in [0.3, 0.4) is 0 Å². The van der Waals surface area contributed by atoms with Crippen LogP contribution >= 0.6 is 11.6 Å². The number of nitrogens with one attached hydrogen (secondary N) is 2. The van der Waals surface area contributed by atoms with Gasteiger partial charge in [0.1, 0.15) is 17.4 Å². The van der Waals surface area contributed by atoms with Crippen molar-refractivity contribution in [1.29, 1.82) is 0 Å². The van der Waals surface area contributed by atoms with E-state index in [4.69, 9.17) is 16.3 Å². The molecule has 1 aromatic heterocycles. The minimum atomic E-state index is -0.340. The molecule has 6 nitrogen and oxygen atoms in total. The van der Waals surface area contributed by atoms with Crippen LogP contribution in [0, 0.1) is 0 Å². The van der Waals surface area contributed by atoms with Crippen LogP contribution < -0.4 is 20.5 Å². The lowest BCUT2D eigenvalue weighted by Gasteiger charge is -2.34. The van der Waals surface area contributed by atoms with E-state index in [0.717, 1.165) is 38.2 Å². The number of ether oxygens (including phenoxy) is 1. The smallest absolute Gasteiger partial charge is 0.285 e. The molecule has 0 radical (unpaired) electrons. The first-order chi connectivity index (χ1) is 11.7. The fourth-order valence-electron chi connectivity index (χ4n) is 2.87. The van der Waals surface area contributed by atoms with Crippen LogP contribution in [0.1, 0.15) is 12.8 Å². The highest BCUT2D eigenvalue weighted by molar-refractivity contribution is 6.32. The number of benzene rings is 1. The molecule has 0 unspecified atom stereocenters. The van der Waals surface area contributed by atoms with Gasteiger partial charge in [-0.15, -0.1) is 0 Å². The van der Waals surface area contributed by atoms with Gasteiger partial charge in [-0.3, -0.25) is 4.79 Å². The summed E-state index contributed by atoms with van der Waals surface area (Å²) in [5.74, 6) is 0.894. The van der Waals surface area contributed by atoms with Crippen molar-refractivity contribution in [2.75, 3.05) is 31.1 Å². The van der Waals surface area contributed by atoms with Crippen molar-refractivity contribution < 1.29 is 4.74 Å². The second-order valence-corrected chi connectivity index (χ2v) is 6.15. The molecular formula is C17H21ClN4O2. The lowest BCUT2D eigenvalue weighted by atomic mass is 10.0. The molecule has 1 aliphatic heterocycles. The van der Waals surface area contributed by atoms with Gasteiger partial charge in [-0.25, -0.2) is 5.10 Å². The summed E-state index contributed by atoms with van der Waals surface area (Å²) in [5.41, 5.74) is 0.374. The molecular weight excluding hydrogens is 328 g/mol. The Morgan fingerprint density at radius 1 is 1.29 bits per heavy atom. The SMILES string of the molecule is O=c1[nH]ncc(N2CCC(NCCOc3ccccc3)CC2)c1Cl. The van der Waals surface area contributed by atoms with E-state index in [0.29, 0.717) is 18.3 Å². The Morgan fingerprint density at radius 2 is 2.04 bits per heavy atom. The molecule has 0 spiro atoms. The molecule has 1 fully saturated rings. The fraction of sp³-hybridized carbons (Fsp3) is 0.412. The molecule has 1 saturated heterocycles. The van der Waals surface area contributed by atoms with Gasteiger partial charge >= 0.3 is 0 Å². The molecule has 0 saturated carbocycles. The van der Waals surface area contributed by atoms with Crippen molar-refractivity contribution in [1.82, 2.24) is 15.5 Å². The largest absolute Gasteiger partial charge is 0.492 e. The lowest BCUT2D eigenvalue weighted by Crippen LogP contribution is -2.44. The molecule has 128 valence electrons. The number of rotatable bonds is 6. The summed E-state index contributed by atoms with van der Waals surface area (Å²) < 4.78 is 5.68. The molecule has 0 bridgehead atoms. The fourth-order valence-corrected chi connectivity index (χ4v) is 3.08. The highest BCUT2D eigenvalue weighted by Gasteiger charge is 2.21. The molecule has 0 atom stereocenters. The van der Waals surface area contributed by atoms with Gasteiger partial charge in [0.15, 0.2) is 0 Å². The van der Waals surface area contributed by atoms with Gasteiger partial charge in [0.25, 0.3) is 5.56 Å². The van der Waals surface area contributed by atoms with Gasteiger partial charge in [-0.05, 0) is 25.0 Å². The van der Waals surface area contributed by atoms with E-state index < -0.39 is 0 Å². The normalized spacial score (nSPS) is 15.5.